The van der Waals surface area contributed by atoms with Crippen molar-refractivity contribution in [3.8, 4) is 0 Å². The molecular formula is C4H2NW5-. The van der Waals surface area contributed by atoms with Crippen molar-refractivity contribution < 1.29 is 90.8 Å². The molecule has 0 radical (unpaired) electrons. The van der Waals surface area contributed by atoms with E-state index in [1.165, 1.54) is 58.3 Å². The zero-order valence-electron chi connectivity index (χ0n) is 4.64. The van der Waals surface area contributed by atoms with Crippen molar-refractivity contribution in [1.82, 2.24) is 0 Å². The Kier molecular flexibility index (Phi) is 21.7. The van der Waals surface area contributed by atoms with Crippen LogP contribution in [0.15, 0.2) is 15.3 Å². The Hall–Kier alpha value is 2.72. The van der Waals surface area contributed by atoms with Crippen LogP contribution in [0.1, 0.15) is 0 Å². The van der Waals surface area contributed by atoms with Gasteiger partial charge in [-0.2, -0.15) is 0 Å². The molecule has 0 fully saturated rings. The second-order valence-corrected chi connectivity index (χ2v) is 3.25. The van der Waals surface area contributed by atoms with Gasteiger partial charge in [0.15, 0.2) is 0 Å². The maximum atomic E-state index is 4.03. The first-order valence-electron chi connectivity index (χ1n) is 1.88. The molecule has 10 heavy (non-hydrogen) atoms. The van der Waals surface area contributed by atoms with Gasteiger partial charge in [-0.15, -0.1) is 0 Å². The Morgan fingerprint density at radius 1 is 1.40 bits per heavy atom. The summed E-state index contributed by atoms with van der Waals surface area (Å²) in [6, 6.07) is 0. The molecule has 0 saturated heterocycles. The van der Waals surface area contributed by atoms with E-state index < -0.39 is 0 Å². The Morgan fingerprint density at radius 3 is 2.00 bits per heavy atom. The van der Waals surface area contributed by atoms with Crippen LogP contribution >= 0.6 is 0 Å². The van der Waals surface area contributed by atoms with Gasteiger partial charge in [-0.1, -0.05) is 0 Å². The van der Waals surface area contributed by atoms with Crippen molar-refractivity contribution in [2.45, 2.75) is 0 Å². The Morgan fingerprint density at radius 2 is 1.90 bits per heavy atom. The van der Waals surface area contributed by atoms with Gasteiger partial charge in [0.25, 0.3) is 0 Å². The summed E-state index contributed by atoms with van der Waals surface area (Å²) in [5, 5.41) is 0. The van der Waals surface area contributed by atoms with Crippen molar-refractivity contribution in [2.75, 3.05) is 0 Å². The minimum absolute atomic E-state index is 1.00. The number of hydrogen-bond acceptors (Lipinski definition) is 1. The third-order valence-corrected chi connectivity index (χ3v) is 2.38. The van der Waals surface area contributed by atoms with Gasteiger partial charge in [-0.25, -0.2) is 0 Å². The number of hydrogen-bond donors (Lipinski definition) is 0. The SMILES string of the molecule is [W]=[C-]/C(=C\[CH]=[W])[N]=[W].[W]=[W]. The predicted octanol–water partition coefficient (Wildman–Crippen LogP) is 0.171. The molecule has 0 aliphatic carbocycles. The molecule has 1 nitrogen and oxygen atoms in total. The van der Waals surface area contributed by atoms with Gasteiger partial charge in [0.2, 0.25) is 0 Å². The topological polar surface area (TPSA) is 12.4 Å². The van der Waals surface area contributed by atoms with Crippen LogP contribution in [0.4, 0.5) is 0 Å². The zero-order valence-corrected chi connectivity index (χ0v) is 19.3. The molecule has 54 valence electrons. The first kappa shape index (κ1) is 15.2. The standard InChI is InChI=1S/C4H2N.5W/c1-3-4(2)5;;;;;/h1,3H;;;;;/q-1;;;;;/b4-3+;;;;;. The molecule has 0 heterocycles. The fourth-order valence-corrected chi connectivity index (χ4v) is 2.30. The van der Waals surface area contributed by atoms with Gasteiger partial charge in [-0.3, -0.25) is 0 Å². The molecule has 0 aromatic heterocycles. The number of rotatable bonds is 3. The Labute approximate surface area is 113 Å². The van der Waals surface area contributed by atoms with Crippen molar-refractivity contribution in [3.63, 3.8) is 0 Å². The van der Waals surface area contributed by atoms with E-state index in [2.05, 4.69) is 12.3 Å². The van der Waals surface area contributed by atoms with Crippen molar-refractivity contribution >= 4 is 8.80 Å². The third kappa shape index (κ3) is 10.7. The zero-order chi connectivity index (χ0) is 8.41. The first-order valence-corrected chi connectivity index (χ1v) is 17.4. The summed E-state index contributed by atoms with van der Waals surface area (Å²) in [6.07, 6.45) is 2.00. The van der Waals surface area contributed by atoms with Crippen molar-refractivity contribution in [1.29, 1.82) is 0 Å². The molecule has 0 amide bonds. The number of allylic oxidation sites excluding steroid dienone is 2. The average molecular weight is 983 g/mol. The van der Waals surface area contributed by atoms with E-state index in [1.54, 1.807) is 32.4 Å². The molecule has 0 bridgehead atoms. The van der Waals surface area contributed by atoms with Gasteiger partial charge in [0.05, 0.1) is 0 Å². The van der Waals surface area contributed by atoms with E-state index in [1.807, 2.05) is 6.08 Å². The summed E-state index contributed by atoms with van der Waals surface area (Å²) in [6.45, 7) is 0. The van der Waals surface area contributed by atoms with Gasteiger partial charge < -0.3 is 0 Å². The molecule has 0 aliphatic heterocycles. The van der Waals surface area contributed by atoms with E-state index in [4.69, 9.17) is 0 Å². The van der Waals surface area contributed by atoms with Crippen LogP contribution in [0.25, 0.3) is 0 Å². The van der Waals surface area contributed by atoms with Crippen LogP contribution in [0.2, 0.25) is 0 Å². The molecule has 0 atom stereocenters. The fraction of sp³-hybridized carbons (Fsp3) is 0. The van der Waals surface area contributed by atoms with Crippen LogP contribution in [-0.4, -0.2) is 8.80 Å². The maximum absolute atomic E-state index is 4.03. The van der Waals surface area contributed by atoms with E-state index in [0.29, 0.717) is 0 Å². The Balaban J connectivity index is 0. The van der Waals surface area contributed by atoms with Crippen LogP contribution in [0.3, 0.4) is 0 Å². The predicted molar refractivity (Wildman–Crippen MR) is 21.6 cm³/mol. The van der Waals surface area contributed by atoms with Crippen LogP contribution in [0.5, 0.6) is 0 Å². The van der Waals surface area contributed by atoms with E-state index in [-0.39, 0.29) is 0 Å². The molecule has 0 unspecified atom stereocenters. The molecular weight excluding hydrogens is 981 g/mol. The third-order valence-electron chi connectivity index (χ3n) is 0.429. The molecule has 0 aromatic carbocycles. The molecule has 6 heteroatoms. The summed E-state index contributed by atoms with van der Waals surface area (Å²) in [5.74, 6) is 0. The van der Waals surface area contributed by atoms with E-state index in [0.717, 1.165) is 5.70 Å². The molecule has 0 rings (SSSR count). The van der Waals surface area contributed by atoms with Gasteiger partial charge in [0.1, 0.15) is 0 Å². The normalized spacial score (nSPS) is 8.60. The molecule has 0 N–H and O–H groups in total. The molecule has 0 spiro atoms. The summed E-state index contributed by atoms with van der Waals surface area (Å²) >= 11 is 7.38. The van der Waals surface area contributed by atoms with Crippen LogP contribution in [-0.2, 0) is 90.8 Å². The summed E-state index contributed by atoms with van der Waals surface area (Å²) in [4.78, 5) is 0. The van der Waals surface area contributed by atoms with Gasteiger partial charge >= 0.3 is 115 Å². The number of nitrogens with zero attached hydrogens (tertiary/aromatic N) is 1. The van der Waals surface area contributed by atoms with Gasteiger partial charge in [0, 0.05) is 0 Å². The van der Waals surface area contributed by atoms with E-state index in [9.17, 15) is 0 Å². The average Bonchev–Trinajstić information content (AvgIpc) is 2.04. The van der Waals surface area contributed by atoms with Crippen molar-refractivity contribution in [2.24, 2.45) is 3.50 Å². The van der Waals surface area contributed by atoms with Crippen LogP contribution in [0, 0.1) is 0 Å². The second-order valence-electron chi connectivity index (χ2n) is 0.881. The second kappa shape index (κ2) is 14.3. The van der Waals surface area contributed by atoms with Gasteiger partial charge in [-0.05, 0) is 0 Å². The summed E-state index contributed by atoms with van der Waals surface area (Å²) in [5.41, 5.74) is 1.00. The summed E-state index contributed by atoms with van der Waals surface area (Å²) < 4.78 is 9.12. The fourth-order valence-electron chi connectivity index (χ4n) is 0.148. The monoisotopic (exact) mass is 984 g/mol. The van der Waals surface area contributed by atoms with Crippen molar-refractivity contribution in [3.05, 3.63) is 11.8 Å². The molecule has 0 aromatic rings. The molecule has 0 aliphatic rings. The van der Waals surface area contributed by atoms with E-state index >= 15 is 0 Å². The molecule has 0 saturated carbocycles. The Bertz CT molecular complexity index is 142. The first-order chi connectivity index (χ1) is 4.85. The van der Waals surface area contributed by atoms with Crippen LogP contribution < -0.4 is 0 Å². The quantitative estimate of drug-likeness (QED) is 0.359. The minimum atomic E-state index is 1.00. The summed E-state index contributed by atoms with van der Waals surface area (Å²) in [7, 11) is 0.